The molecule has 1 unspecified atom stereocenters. The van der Waals surface area contributed by atoms with E-state index >= 15 is 0 Å². The van der Waals surface area contributed by atoms with Crippen molar-refractivity contribution in [2.45, 2.75) is 33.6 Å². The summed E-state index contributed by atoms with van der Waals surface area (Å²) in [6.45, 7) is 8.21. The monoisotopic (exact) mass is 234 g/mol. The number of nitrogens with zero attached hydrogens (tertiary/aromatic N) is 2. The van der Waals surface area contributed by atoms with Crippen LogP contribution in [0.5, 0.6) is 0 Å². The first-order chi connectivity index (χ1) is 8.19. The fraction of sp³-hybridized carbons (Fsp3) is 0.692. The number of nitrogens with one attached hydrogen (secondary N) is 2. The molecule has 4 nitrogen and oxygen atoms in total. The van der Waals surface area contributed by atoms with Crippen LogP contribution in [0.4, 0.5) is 11.8 Å². The van der Waals surface area contributed by atoms with Gasteiger partial charge in [-0.1, -0.05) is 6.92 Å². The van der Waals surface area contributed by atoms with Gasteiger partial charge in [-0.2, -0.15) is 4.98 Å². The summed E-state index contributed by atoms with van der Waals surface area (Å²) in [5.41, 5.74) is 0.998. The van der Waals surface area contributed by atoms with Crippen molar-refractivity contribution in [1.82, 2.24) is 9.97 Å². The molecule has 1 aliphatic rings. The highest BCUT2D eigenvalue weighted by Crippen LogP contribution is 2.36. The highest BCUT2D eigenvalue weighted by Gasteiger charge is 2.27. The van der Waals surface area contributed by atoms with Crippen molar-refractivity contribution in [3.05, 3.63) is 11.8 Å². The second-order valence-electron chi connectivity index (χ2n) is 4.94. The highest BCUT2D eigenvalue weighted by molar-refractivity contribution is 5.42. The van der Waals surface area contributed by atoms with Gasteiger partial charge >= 0.3 is 0 Å². The van der Waals surface area contributed by atoms with Gasteiger partial charge in [0, 0.05) is 24.8 Å². The van der Waals surface area contributed by atoms with Crippen molar-refractivity contribution in [2.75, 3.05) is 23.7 Å². The standard InChI is InChI=1S/C13H22N4/c1-4-14-13-16-10(3)7-12(17-13)15-8-9(2)11-5-6-11/h7,9,11H,4-6,8H2,1-3H3,(H2,14,15,16,17). The first-order valence-corrected chi connectivity index (χ1v) is 6.52. The zero-order chi connectivity index (χ0) is 12.3. The van der Waals surface area contributed by atoms with Gasteiger partial charge in [-0.15, -0.1) is 0 Å². The van der Waals surface area contributed by atoms with Crippen molar-refractivity contribution >= 4 is 11.8 Å². The van der Waals surface area contributed by atoms with Crippen LogP contribution in [-0.4, -0.2) is 23.1 Å². The Kier molecular flexibility index (Phi) is 3.82. The van der Waals surface area contributed by atoms with Gasteiger partial charge in [-0.25, -0.2) is 4.98 Å². The van der Waals surface area contributed by atoms with E-state index in [0.29, 0.717) is 5.95 Å². The molecule has 94 valence electrons. The van der Waals surface area contributed by atoms with Gasteiger partial charge in [-0.05, 0) is 38.5 Å². The number of hydrogen-bond acceptors (Lipinski definition) is 4. The van der Waals surface area contributed by atoms with Crippen LogP contribution in [0.2, 0.25) is 0 Å². The second-order valence-corrected chi connectivity index (χ2v) is 4.94. The zero-order valence-corrected chi connectivity index (χ0v) is 11.0. The number of hydrogen-bond donors (Lipinski definition) is 2. The Hall–Kier alpha value is -1.32. The van der Waals surface area contributed by atoms with Crippen molar-refractivity contribution in [2.24, 2.45) is 11.8 Å². The predicted molar refractivity (Wildman–Crippen MR) is 71.3 cm³/mol. The molecule has 1 atom stereocenters. The van der Waals surface area contributed by atoms with Crippen LogP contribution in [0.1, 0.15) is 32.4 Å². The summed E-state index contributed by atoms with van der Waals surface area (Å²) in [4.78, 5) is 8.78. The van der Waals surface area contributed by atoms with Crippen molar-refractivity contribution in [3.63, 3.8) is 0 Å². The van der Waals surface area contributed by atoms with Gasteiger partial charge in [0.2, 0.25) is 5.95 Å². The summed E-state index contributed by atoms with van der Waals surface area (Å²) in [6.07, 6.45) is 2.79. The maximum atomic E-state index is 4.44. The van der Waals surface area contributed by atoms with Gasteiger partial charge < -0.3 is 10.6 Å². The Morgan fingerprint density at radius 1 is 1.35 bits per heavy atom. The summed E-state index contributed by atoms with van der Waals surface area (Å²) >= 11 is 0. The molecule has 1 aromatic rings. The van der Waals surface area contributed by atoms with Crippen LogP contribution in [0.15, 0.2) is 6.07 Å². The number of rotatable bonds is 6. The smallest absolute Gasteiger partial charge is 0.224 e. The van der Waals surface area contributed by atoms with E-state index in [2.05, 4.69) is 27.5 Å². The average molecular weight is 234 g/mol. The van der Waals surface area contributed by atoms with E-state index in [1.54, 1.807) is 0 Å². The van der Waals surface area contributed by atoms with E-state index in [1.807, 2.05) is 19.9 Å². The summed E-state index contributed by atoms with van der Waals surface area (Å²) < 4.78 is 0. The molecule has 0 radical (unpaired) electrons. The van der Waals surface area contributed by atoms with E-state index in [4.69, 9.17) is 0 Å². The van der Waals surface area contributed by atoms with Gasteiger partial charge in [0.05, 0.1) is 0 Å². The van der Waals surface area contributed by atoms with Crippen LogP contribution in [0.3, 0.4) is 0 Å². The molecular weight excluding hydrogens is 212 g/mol. The van der Waals surface area contributed by atoms with Crippen LogP contribution in [0.25, 0.3) is 0 Å². The lowest BCUT2D eigenvalue weighted by Crippen LogP contribution is -2.15. The van der Waals surface area contributed by atoms with Gasteiger partial charge in [0.25, 0.3) is 0 Å². The van der Waals surface area contributed by atoms with E-state index in [0.717, 1.165) is 36.4 Å². The van der Waals surface area contributed by atoms with E-state index < -0.39 is 0 Å². The maximum Gasteiger partial charge on any atom is 0.224 e. The molecule has 0 spiro atoms. The molecule has 17 heavy (non-hydrogen) atoms. The minimum Gasteiger partial charge on any atom is -0.370 e. The third-order valence-corrected chi connectivity index (χ3v) is 3.22. The minimum absolute atomic E-state index is 0.717. The normalized spacial score (nSPS) is 16.6. The average Bonchev–Trinajstić information content (AvgIpc) is 3.09. The minimum atomic E-state index is 0.717. The molecule has 1 fully saturated rings. The highest BCUT2D eigenvalue weighted by atomic mass is 15.1. The first kappa shape index (κ1) is 12.1. The summed E-state index contributed by atoms with van der Waals surface area (Å²) in [5.74, 6) is 3.32. The molecule has 0 bridgehead atoms. The zero-order valence-electron chi connectivity index (χ0n) is 11.0. The number of aromatic nitrogens is 2. The molecule has 1 heterocycles. The SMILES string of the molecule is CCNc1nc(C)cc(NCC(C)C2CC2)n1. The molecule has 0 amide bonds. The second kappa shape index (κ2) is 5.34. The van der Waals surface area contributed by atoms with E-state index in [9.17, 15) is 0 Å². The Morgan fingerprint density at radius 3 is 2.76 bits per heavy atom. The predicted octanol–water partition coefficient (Wildman–Crippen LogP) is 2.67. The first-order valence-electron chi connectivity index (χ1n) is 6.52. The molecule has 1 aromatic heterocycles. The molecule has 2 N–H and O–H groups in total. The molecule has 1 saturated carbocycles. The molecule has 4 heteroatoms. The maximum absolute atomic E-state index is 4.44. The molecule has 0 aromatic carbocycles. The Morgan fingerprint density at radius 2 is 2.12 bits per heavy atom. The summed E-state index contributed by atoms with van der Waals surface area (Å²) in [6, 6.07) is 2.00. The van der Waals surface area contributed by atoms with E-state index in [1.165, 1.54) is 12.8 Å². The van der Waals surface area contributed by atoms with Gasteiger partial charge in [0.15, 0.2) is 0 Å². The van der Waals surface area contributed by atoms with Crippen LogP contribution in [0, 0.1) is 18.8 Å². The van der Waals surface area contributed by atoms with Crippen molar-refractivity contribution in [3.8, 4) is 0 Å². The molecule has 2 rings (SSSR count). The molecule has 1 aliphatic carbocycles. The molecule has 0 saturated heterocycles. The third-order valence-electron chi connectivity index (χ3n) is 3.22. The lowest BCUT2D eigenvalue weighted by Gasteiger charge is -2.13. The lowest BCUT2D eigenvalue weighted by atomic mass is 10.1. The summed E-state index contributed by atoms with van der Waals surface area (Å²) in [7, 11) is 0. The topological polar surface area (TPSA) is 49.8 Å². The Balaban J connectivity index is 1.94. The Bertz CT molecular complexity index is 374. The molecular formula is C13H22N4. The third kappa shape index (κ3) is 3.58. The Labute approximate surface area is 103 Å². The summed E-state index contributed by atoms with van der Waals surface area (Å²) in [5, 5.41) is 6.56. The van der Waals surface area contributed by atoms with Gasteiger partial charge in [-0.3, -0.25) is 0 Å². The van der Waals surface area contributed by atoms with Crippen molar-refractivity contribution < 1.29 is 0 Å². The van der Waals surface area contributed by atoms with Crippen molar-refractivity contribution in [1.29, 1.82) is 0 Å². The van der Waals surface area contributed by atoms with Crippen LogP contribution in [-0.2, 0) is 0 Å². The number of anilines is 2. The van der Waals surface area contributed by atoms with E-state index in [-0.39, 0.29) is 0 Å². The lowest BCUT2D eigenvalue weighted by molar-refractivity contribution is 0.536. The van der Waals surface area contributed by atoms with Crippen LogP contribution >= 0.6 is 0 Å². The fourth-order valence-corrected chi connectivity index (χ4v) is 1.99. The number of aryl methyl sites for hydroxylation is 1. The van der Waals surface area contributed by atoms with Crippen LogP contribution < -0.4 is 10.6 Å². The van der Waals surface area contributed by atoms with Gasteiger partial charge in [0.1, 0.15) is 5.82 Å². The largest absolute Gasteiger partial charge is 0.370 e. The molecule has 0 aliphatic heterocycles. The fourth-order valence-electron chi connectivity index (χ4n) is 1.99. The quantitative estimate of drug-likeness (QED) is 0.794.